The molecule has 2 amide bonds. The van der Waals surface area contributed by atoms with Gasteiger partial charge >= 0.3 is 12.0 Å². The van der Waals surface area contributed by atoms with Crippen molar-refractivity contribution in [2.24, 2.45) is 0 Å². The summed E-state index contributed by atoms with van der Waals surface area (Å²) in [5.41, 5.74) is 2.92. The van der Waals surface area contributed by atoms with Crippen molar-refractivity contribution in [2.75, 3.05) is 14.2 Å². The summed E-state index contributed by atoms with van der Waals surface area (Å²) in [4.78, 5) is 23.0. The molecule has 0 fully saturated rings. The zero-order valence-corrected chi connectivity index (χ0v) is 15.8. The summed E-state index contributed by atoms with van der Waals surface area (Å²) in [7, 11) is 3.15. The number of hydrogen-bond acceptors (Lipinski definition) is 4. The quantitative estimate of drug-likeness (QED) is 0.693. The van der Waals surface area contributed by atoms with E-state index in [1.54, 1.807) is 26.4 Å². The number of rotatable bonds is 7. The number of methoxy groups -OCH3 is 2. The minimum absolute atomic E-state index is 0.209. The summed E-state index contributed by atoms with van der Waals surface area (Å²) < 4.78 is 10.6. The smallest absolute Gasteiger partial charge is 0.335 e. The lowest BCUT2D eigenvalue weighted by Crippen LogP contribution is -2.36. The van der Waals surface area contributed by atoms with Gasteiger partial charge in [-0.15, -0.1) is 0 Å². The molecule has 7 heteroatoms. The number of benzene rings is 2. The first-order valence-corrected chi connectivity index (χ1v) is 8.44. The third kappa shape index (κ3) is 5.13. The Morgan fingerprint density at radius 3 is 2.22 bits per heavy atom. The van der Waals surface area contributed by atoms with E-state index in [1.807, 2.05) is 26.0 Å². The maximum absolute atomic E-state index is 12.2. The molecule has 0 spiro atoms. The molecule has 3 N–H and O–H groups in total. The summed E-state index contributed by atoms with van der Waals surface area (Å²) in [5.74, 6) is 0.261. The van der Waals surface area contributed by atoms with Gasteiger partial charge in [0.2, 0.25) is 0 Å². The average Bonchev–Trinajstić information content (AvgIpc) is 2.66. The van der Waals surface area contributed by atoms with Crippen LogP contribution in [0.2, 0.25) is 0 Å². The molecule has 0 aliphatic carbocycles. The van der Waals surface area contributed by atoms with Crippen LogP contribution in [0.5, 0.6) is 11.5 Å². The topological polar surface area (TPSA) is 96.9 Å². The highest BCUT2D eigenvalue weighted by Gasteiger charge is 2.15. The molecule has 0 aliphatic heterocycles. The van der Waals surface area contributed by atoms with Crippen LogP contribution in [0.25, 0.3) is 0 Å². The van der Waals surface area contributed by atoms with Gasteiger partial charge in [0.1, 0.15) is 0 Å². The van der Waals surface area contributed by atoms with Crippen molar-refractivity contribution in [3.63, 3.8) is 0 Å². The maximum Gasteiger partial charge on any atom is 0.335 e. The van der Waals surface area contributed by atoms with Crippen molar-refractivity contribution in [3.8, 4) is 11.5 Å². The van der Waals surface area contributed by atoms with Crippen LogP contribution in [0, 0.1) is 6.92 Å². The highest BCUT2D eigenvalue weighted by atomic mass is 16.5. The number of urea groups is 1. The highest BCUT2D eigenvalue weighted by molar-refractivity contribution is 5.87. The fourth-order valence-electron chi connectivity index (χ4n) is 2.74. The summed E-state index contributed by atoms with van der Waals surface area (Å²) in [5, 5.41) is 14.5. The Morgan fingerprint density at radius 1 is 1.07 bits per heavy atom. The lowest BCUT2D eigenvalue weighted by molar-refractivity contribution is 0.0697. The van der Waals surface area contributed by atoms with Crippen molar-refractivity contribution >= 4 is 12.0 Å². The van der Waals surface area contributed by atoms with Gasteiger partial charge in [0.05, 0.1) is 25.8 Å². The Morgan fingerprint density at radius 2 is 1.67 bits per heavy atom. The second-order valence-electron chi connectivity index (χ2n) is 6.11. The molecule has 0 saturated heterocycles. The third-order valence-electron chi connectivity index (χ3n) is 4.24. The van der Waals surface area contributed by atoms with E-state index in [9.17, 15) is 9.59 Å². The largest absolute Gasteiger partial charge is 0.493 e. The number of aryl methyl sites for hydroxylation is 1. The molecule has 0 saturated carbocycles. The molecule has 7 nitrogen and oxygen atoms in total. The molecule has 2 aromatic carbocycles. The SMILES string of the molecule is COc1cc(C)c(C(C)NC(=O)NCc2ccc(C(=O)O)cc2)cc1OC. The third-order valence-corrected chi connectivity index (χ3v) is 4.24. The van der Waals surface area contributed by atoms with Gasteiger partial charge < -0.3 is 25.2 Å². The average molecular weight is 372 g/mol. The monoisotopic (exact) mass is 372 g/mol. The van der Waals surface area contributed by atoms with E-state index in [0.29, 0.717) is 18.0 Å². The molecule has 0 aromatic heterocycles. The number of carbonyl (C=O) groups excluding carboxylic acids is 1. The molecule has 0 aliphatic rings. The van der Waals surface area contributed by atoms with E-state index < -0.39 is 5.97 Å². The van der Waals surface area contributed by atoms with Gasteiger partial charge in [-0.05, 0) is 54.8 Å². The molecule has 2 aromatic rings. The van der Waals surface area contributed by atoms with E-state index in [2.05, 4.69) is 10.6 Å². The molecular formula is C20H24N2O5. The highest BCUT2D eigenvalue weighted by Crippen LogP contribution is 2.32. The fraction of sp³-hybridized carbons (Fsp3) is 0.300. The van der Waals surface area contributed by atoms with Crippen molar-refractivity contribution in [3.05, 3.63) is 58.7 Å². The van der Waals surface area contributed by atoms with Crippen LogP contribution < -0.4 is 20.1 Å². The normalized spacial score (nSPS) is 11.4. The van der Waals surface area contributed by atoms with E-state index in [1.165, 1.54) is 12.1 Å². The Kier molecular flexibility index (Phi) is 6.65. The van der Waals surface area contributed by atoms with E-state index in [-0.39, 0.29) is 17.6 Å². The Labute approximate surface area is 158 Å². The van der Waals surface area contributed by atoms with Crippen molar-refractivity contribution in [1.29, 1.82) is 0 Å². The molecular weight excluding hydrogens is 348 g/mol. The van der Waals surface area contributed by atoms with Crippen molar-refractivity contribution < 1.29 is 24.2 Å². The van der Waals surface area contributed by atoms with E-state index in [4.69, 9.17) is 14.6 Å². The zero-order valence-electron chi connectivity index (χ0n) is 15.8. The van der Waals surface area contributed by atoms with Gasteiger partial charge in [0.25, 0.3) is 0 Å². The zero-order chi connectivity index (χ0) is 20.0. The van der Waals surface area contributed by atoms with Crippen LogP contribution in [0.15, 0.2) is 36.4 Å². The minimum atomic E-state index is -0.980. The van der Waals surface area contributed by atoms with Gasteiger partial charge in [-0.2, -0.15) is 0 Å². The lowest BCUT2D eigenvalue weighted by Gasteiger charge is -2.19. The maximum atomic E-state index is 12.2. The number of nitrogens with one attached hydrogen (secondary N) is 2. The first-order chi connectivity index (χ1) is 12.8. The van der Waals surface area contributed by atoms with Crippen LogP contribution in [0.3, 0.4) is 0 Å². The van der Waals surface area contributed by atoms with Gasteiger partial charge in [-0.3, -0.25) is 0 Å². The summed E-state index contributed by atoms with van der Waals surface area (Å²) >= 11 is 0. The standard InChI is InChI=1S/C20H24N2O5/c1-12-9-17(26-3)18(27-4)10-16(12)13(2)22-20(25)21-11-14-5-7-15(8-6-14)19(23)24/h5-10,13H,11H2,1-4H3,(H,23,24)(H2,21,22,25). The molecule has 144 valence electrons. The summed E-state index contributed by atoms with van der Waals surface area (Å²) in [6.45, 7) is 4.12. The summed E-state index contributed by atoms with van der Waals surface area (Å²) in [6, 6.07) is 9.52. The number of carbonyl (C=O) groups is 2. The van der Waals surface area contributed by atoms with Gasteiger partial charge in [0.15, 0.2) is 11.5 Å². The molecule has 1 atom stereocenters. The van der Waals surface area contributed by atoms with E-state index >= 15 is 0 Å². The van der Waals surface area contributed by atoms with Crippen molar-refractivity contribution in [1.82, 2.24) is 10.6 Å². The molecule has 0 heterocycles. The van der Waals surface area contributed by atoms with Gasteiger partial charge in [0, 0.05) is 6.54 Å². The number of amides is 2. The lowest BCUT2D eigenvalue weighted by atomic mass is 10.0. The first kappa shape index (κ1) is 20.1. The number of hydrogen-bond donors (Lipinski definition) is 3. The van der Waals surface area contributed by atoms with Crippen molar-refractivity contribution in [2.45, 2.75) is 26.4 Å². The van der Waals surface area contributed by atoms with Crippen LogP contribution in [-0.2, 0) is 6.54 Å². The minimum Gasteiger partial charge on any atom is -0.493 e. The number of carboxylic acids is 1. The molecule has 1 unspecified atom stereocenters. The molecule has 2 rings (SSSR count). The van der Waals surface area contributed by atoms with E-state index in [0.717, 1.165) is 16.7 Å². The Bertz CT molecular complexity index is 818. The number of aromatic carboxylic acids is 1. The van der Waals surface area contributed by atoms with Crippen LogP contribution >= 0.6 is 0 Å². The number of ether oxygens (including phenoxy) is 2. The Balaban J connectivity index is 1.98. The van der Waals surface area contributed by atoms with Crippen LogP contribution in [0.1, 0.15) is 40.0 Å². The molecule has 0 radical (unpaired) electrons. The van der Waals surface area contributed by atoms with Crippen LogP contribution in [0.4, 0.5) is 4.79 Å². The van der Waals surface area contributed by atoms with Crippen LogP contribution in [-0.4, -0.2) is 31.3 Å². The fourth-order valence-corrected chi connectivity index (χ4v) is 2.74. The first-order valence-electron chi connectivity index (χ1n) is 8.44. The Hall–Kier alpha value is -3.22. The van der Waals surface area contributed by atoms with Gasteiger partial charge in [-0.1, -0.05) is 12.1 Å². The predicted molar refractivity (Wildman–Crippen MR) is 101 cm³/mol. The second-order valence-corrected chi connectivity index (χ2v) is 6.11. The molecule has 0 bridgehead atoms. The molecule has 27 heavy (non-hydrogen) atoms. The second kappa shape index (κ2) is 8.93. The van der Waals surface area contributed by atoms with Gasteiger partial charge in [-0.25, -0.2) is 9.59 Å². The predicted octanol–water partition coefficient (Wildman–Crippen LogP) is 3.27. The summed E-state index contributed by atoms with van der Waals surface area (Å²) in [6.07, 6.45) is 0. The number of carboxylic acid groups (broad SMARTS) is 1.